The summed E-state index contributed by atoms with van der Waals surface area (Å²) in [6.45, 7) is 4.69. The van der Waals surface area contributed by atoms with Crippen LogP contribution in [-0.4, -0.2) is 41.7 Å². The van der Waals surface area contributed by atoms with Crippen LogP contribution in [0.15, 0.2) is 35.9 Å². The lowest BCUT2D eigenvalue weighted by atomic mass is 9.86. The van der Waals surface area contributed by atoms with E-state index in [9.17, 15) is 4.79 Å². The number of rotatable bonds is 5. The predicted octanol–water partition coefficient (Wildman–Crippen LogP) is 5.50. The molecule has 1 aliphatic carbocycles. The van der Waals surface area contributed by atoms with Crippen molar-refractivity contribution in [2.45, 2.75) is 95.9 Å². The molecule has 0 N–H and O–H groups in total. The summed E-state index contributed by atoms with van der Waals surface area (Å²) in [5.74, 6) is -0.00428. The molecule has 0 radical (unpaired) electrons. The van der Waals surface area contributed by atoms with Crippen LogP contribution in [0.3, 0.4) is 0 Å². The molecule has 2 bridgehead atoms. The number of hydrogen-bond acceptors (Lipinski definition) is 2. The molecule has 2 aliphatic heterocycles. The van der Waals surface area contributed by atoms with Gasteiger partial charge < -0.3 is 9.22 Å². The summed E-state index contributed by atoms with van der Waals surface area (Å²) >= 11 is 0. The number of piperidine rings is 1. The van der Waals surface area contributed by atoms with Crippen LogP contribution in [0.1, 0.15) is 77.2 Å². The Kier molecular flexibility index (Phi) is 5.64. The predicted molar refractivity (Wildman–Crippen MR) is 114 cm³/mol. The van der Waals surface area contributed by atoms with Gasteiger partial charge in [-0.1, -0.05) is 35.9 Å². The first-order valence-electron chi connectivity index (χ1n) is 11.3. The zero-order valence-electron chi connectivity index (χ0n) is 17.8. The van der Waals surface area contributed by atoms with E-state index in [1.165, 1.54) is 46.9 Å². The molecule has 152 valence electrons. The smallest absolute Gasteiger partial charge is 0.310 e. The molecular weight excluding hydrogens is 346 g/mol. The Hall–Kier alpha value is -1.61. The quantitative estimate of drug-likeness (QED) is 0.497. The van der Waals surface area contributed by atoms with E-state index >= 15 is 0 Å². The van der Waals surface area contributed by atoms with Gasteiger partial charge in [0.25, 0.3) is 0 Å². The zero-order chi connectivity index (χ0) is 19.7. The lowest BCUT2D eigenvalue weighted by Gasteiger charge is -2.49. The van der Waals surface area contributed by atoms with Crippen LogP contribution in [0.4, 0.5) is 0 Å². The molecule has 4 atom stereocenters. The molecule has 3 aliphatic rings. The number of hydrogen-bond donors (Lipinski definition) is 0. The fraction of sp³-hybridized carbons (Fsp3) is 0.640. The van der Waals surface area contributed by atoms with Gasteiger partial charge in [-0.15, -0.1) is 0 Å². The number of allylic oxidation sites excluding steroid dienone is 1. The van der Waals surface area contributed by atoms with Crippen LogP contribution in [-0.2, 0) is 9.53 Å². The Labute approximate surface area is 170 Å². The Morgan fingerprint density at radius 3 is 2.36 bits per heavy atom. The van der Waals surface area contributed by atoms with E-state index in [1.807, 2.05) is 0 Å². The number of carbonyl (C=O) groups is 1. The third-order valence-corrected chi connectivity index (χ3v) is 7.95. The van der Waals surface area contributed by atoms with E-state index in [1.54, 1.807) is 0 Å². The lowest BCUT2D eigenvalue weighted by Crippen LogP contribution is -2.62. The minimum atomic E-state index is -0.00428. The van der Waals surface area contributed by atoms with Crippen molar-refractivity contribution in [3.63, 3.8) is 0 Å². The van der Waals surface area contributed by atoms with Gasteiger partial charge >= 0.3 is 5.97 Å². The molecule has 4 rings (SSSR count). The second kappa shape index (κ2) is 8.02. The molecule has 2 unspecified atom stereocenters. The van der Waals surface area contributed by atoms with Gasteiger partial charge in [0, 0.05) is 25.7 Å². The number of fused-ring (bicyclic) bond motifs is 2. The second-order valence-corrected chi connectivity index (χ2v) is 9.62. The van der Waals surface area contributed by atoms with Crippen LogP contribution in [0.2, 0.25) is 0 Å². The van der Waals surface area contributed by atoms with E-state index in [2.05, 4.69) is 51.2 Å². The van der Waals surface area contributed by atoms with E-state index in [0.29, 0.717) is 24.5 Å². The first kappa shape index (κ1) is 19.7. The third-order valence-electron chi connectivity index (χ3n) is 7.95. The molecule has 0 amide bonds. The summed E-state index contributed by atoms with van der Waals surface area (Å²) in [5.41, 5.74) is 3.98. The van der Waals surface area contributed by atoms with Gasteiger partial charge in [0.05, 0.1) is 31.6 Å². The van der Waals surface area contributed by atoms with Gasteiger partial charge in [0.15, 0.2) is 0 Å². The Bertz CT molecular complexity index is 722. The fourth-order valence-corrected chi connectivity index (χ4v) is 6.12. The Balaban J connectivity index is 1.42. The zero-order valence-corrected chi connectivity index (χ0v) is 17.8. The maximum atomic E-state index is 12.8. The van der Waals surface area contributed by atoms with E-state index in [-0.39, 0.29) is 12.1 Å². The highest BCUT2D eigenvalue weighted by atomic mass is 16.5. The van der Waals surface area contributed by atoms with Crippen molar-refractivity contribution < 1.29 is 14.0 Å². The number of benzene rings is 1. The highest BCUT2D eigenvalue weighted by molar-refractivity contribution is 5.79. The van der Waals surface area contributed by atoms with Crippen LogP contribution < -0.4 is 0 Å². The molecule has 0 spiro atoms. The maximum Gasteiger partial charge on any atom is 0.310 e. The van der Waals surface area contributed by atoms with Gasteiger partial charge in [-0.2, -0.15) is 0 Å². The second-order valence-electron chi connectivity index (χ2n) is 9.62. The molecule has 0 aromatic heterocycles. The van der Waals surface area contributed by atoms with Crippen LogP contribution in [0.5, 0.6) is 0 Å². The van der Waals surface area contributed by atoms with E-state index in [4.69, 9.17) is 4.74 Å². The summed E-state index contributed by atoms with van der Waals surface area (Å²) in [4.78, 5) is 12.8. The summed E-state index contributed by atoms with van der Waals surface area (Å²) in [6.07, 6.45) is 9.81. The Morgan fingerprint density at radius 1 is 1.07 bits per heavy atom. The molecule has 3 nitrogen and oxygen atoms in total. The van der Waals surface area contributed by atoms with E-state index in [0.717, 1.165) is 25.7 Å². The van der Waals surface area contributed by atoms with Gasteiger partial charge in [0.1, 0.15) is 6.10 Å². The number of nitrogens with zero attached hydrogens (tertiary/aromatic N) is 1. The number of carbonyl (C=O) groups excluding carboxylic acids is 1. The standard InChI is InChI=1S/C25H36NO2/c1-18(2)26(3)21-13-14-22(26)17-23(16-21)28-25(27)15-20-11-7-8-12-24(20)19-9-5-4-6-10-19/h4-6,9-10,18,21-23H,7-8,11-17H2,1-3H3/q+1/t21-,22+,23?,26?. The average Bonchev–Trinajstić information content (AvgIpc) is 2.87. The van der Waals surface area contributed by atoms with Crippen LogP contribution >= 0.6 is 0 Å². The molecule has 2 fully saturated rings. The normalized spacial score (nSPS) is 32.6. The maximum absolute atomic E-state index is 12.8. The van der Waals surface area contributed by atoms with Crippen molar-refractivity contribution in [1.29, 1.82) is 0 Å². The molecule has 28 heavy (non-hydrogen) atoms. The number of ether oxygens (including phenoxy) is 1. The topological polar surface area (TPSA) is 26.3 Å². The monoisotopic (exact) mass is 382 g/mol. The summed E-state index contributed by atoms with van der Waals surface area (Å²) in [5, 5.41) is 0. The molecule has 2 saturated heterocycles. The van der Waals surface area contributed by atoms with Crippen molar-refractivity contribution in [3.8, 4) is 0 Å². The molecular formula is C25H36NO2+. The van der Waals surface area contributed by atoms with Gasteiger partial charge in [-0.05, 0) is 50.7 Å². The lowest BCUT2D eigenvalue weighted by molar-refractivity contribution is -0.968. The largest absolute Gasteiger partial charge is 0.462 e. The molecule has 2 heterocycles. The minimum Gasteiger partial charge on any atom is -0.462 e. The first-order chi connectivity index (χ1) is 13.5. The number of esters is 1. The van der Waals surface area contributed by atoms with Crippen LogP contribution in [0.25, 0.3) is 5.57 Å². The van der Waals surface area contributed by atoms with Gasteiger partial charge in [0.2, 0.25) is 0 Å². The minimum absolute atomic E-state index is 0.00428. The van der Waals surface area contributed by atoms with Gasteiger partial charge in [-0.25, -0.2) is 0 Å². The van der Waals surface area contributed by atoms with Crippen molar-refractivity contribution in [2.24, 2.45) is 0 Å². The Morgan fingerprint density at radius 2 is 1.71 bits per heavy atom. The first-order valence-corrected chi connectivity index (χ1v) is 11.3. The summed E-state index contributed by atoms with van der Waals surface area (Å²) in [7, 11) is 2.42. The summed E-state index contributed by atoms with van der Waals surface area (Å²) < 4.78 is 7.23. The van der Waals surface area contributed by atoms with E-state index < -0.39 is 0 Å². The van der Waals surface area contributed by atoms with Gasteiger partial charge in [-0.3, -0.25) is 4.79 Å². The fourth-order valence-electron chi connectivity index (χ4n) is 6.12. The van der Waals surface area contributed by atoms with Crippen molar-refractivity contribution in [3.05, 3.63) is 41.5 Å². The highest BCUT2D eigenvalue weighted by Crippen LogP contribution is 2.44. The van der Waals surface area contributed by atoms with Crippen molar-refractivity contribution >= 4 is 11.5 Å². The molecule has 1 aromatic carbocycles. The average molecular weight is 383 g/mol. The number of quaternary nitrogens is 1. The molecule has 0 saturated carbocycles. The highest BCUT2D eigenvalue weighted by Gasteiger charge is 2.53. The summed E-state index contributed by atoms with van der Waals surface area (Å²) in [6, 6.07) is 12.6. The SMILES string of the molecule is CC(C)[N+]1(C)[C@@H]2CC[C@H]1CC(OC(=O)CC1=C(c3ccccc3)CCCC1)C2. The van der Waals surface area contributed by atoms with Crippen molar-refractivity contribution in [2.75, 3.05) is 7.05 Å². The van der Waals surface area contributed by atoms with Crippen LogP contribution in [0, 0.1) is 0 Å². The van der Waals surface area contributed by atoms with Crippen molar-refractivity contribution in [1.82, 2.24) is 0 Å². The molecule has 1 aromatic rings. The third kappa shape index (κ3) is 3.66. The molecule has 3 heteroatoms.